The average Bonchev–Trinajstić information content (AvgIpc) is 3.00. The molecule has 0 unspecified atom stereocenters. The molecular weight excluding hydrogens is 777 g/mol. The number of ether oxygens (including phenoxy) is 3. The molecule has 10 nitrogen and oxygen atoms in total. The zero-order valence-corrected chi connectivity index (χ0v) is 32.6. The molecule has 0 saturated carbocycles. The highest BCUT2D eigenvalue weighted by Crippen LogP contribution is 2.21. The lowest BCUT2D eigenvalue weighted by Gasteiger charge is -2.06. The highest BCUT2D eigenvalue weighted by atomic mass is 32.2. The van der Waals surface area contributed by atoms with Gasteiger partial charge in [-0.3, -0.25) is 14.4 Å². The molecule has 0 fully saturated rings. The highest BCUT2D eigenvalue weighted by molar-refractivity contribution is 8.23. The van der Waals surface area contributed by atoms with Gasteiger partial charge in [0.2, 0.25) is 0 Å². The lowest BCUT2D eigenvalue weighted by atomic mass is 10.8. The third-order valence-electron chi connectivity index (χ3n) is 3.57. The second-order valence-electron chi connectivity index (χ2n) is 6.91. The Hall–Kier alpha value is 2.10. The monoisotopic (exact) mass is 816 g/mol. The molecule has 254 valence electrons. The van der Waals surface area contributed by atoms with Crippen LogP contribution in [-0.2, 0) is 38.4 Å². The van der Waals surface area contributed by atoms with Crippen LogP contribution in [0.25, 0.3) is 0 Å². The van der Waals surface area contributed by atoms with Crippen molar-refractivity contribution in [1.82, 2.24) is 0 Å². The Morgan fingerprint density at radius 1 is 0.419 bits per heavy atom. The van der Waals surface area contributed by atoms with Crippen LogP contribution in [0.3, 0.4) is 0 Å². The molecule has 0 aliphatic carbocycles. The van der Waals surface area contributed by atoms with Gasteiger partial charge in [0, 0.05) is 47.8 Å². The van der Waals surface area contributed by atoms with Crippen molar-refractivity contribution in [3.05, 3.63) is 0 Å². The molecule has 0 saturated heterocycles. The minimum Gasteiger partial charge on any atom is -0.454 e. The van der Waals surface area contributed by atoms with Crippen molar-refractivity contribution in [1.29, 1.82) is 0 Å². The predicted octanol–water partition coefficient (Wildman–Crippen LogP) is 5.19. The molecule has 0 radical (unpaired) electrons. The van der Waals surface area contributed by atoms with E-state index in [2.05, 4.69) is 0 Å². The summed E-state index contributed by atoms with van der Waals surface area (Å²) >= 11 is 17.3. The third-order valence-corrected chi connectivity index (χ3v) is 15.4. The van der Waals surface area contributed by atoms with Crippen LogP contribution in [0.4, 0.5) is 0 Å². The number of hydrogen-bond acceptors (Lipinski definition) is 21. The van der Waals surface area contributed by atoms with Gasteiger partial charge in [0.05, 0.1) is 37.1 Å². The molecule has 0 aromatic rings. The summed E-state index contributed by atoms with van der Waals surface area (Å²) in [6.07, 6.45) is 0. The lowest BCUT2D eigenvalue weighted by molar-refractivity contribution is -0.274. The van der Waals surface area contributed by atoms with Crippen LogP contribution in [0.2, 0.25) is 0 Å². The Morgan fingerprint density at radius 2 is 0.814 bits per heavy atom. The van der Waals surface area contributed by atoms with E-state index in [4.69, 9.17) is 34.2 Å². The maximum absolute atomic E-state index is 11.8. The third kappa shape index (κ3) is 38.4. The van der Waals surface area contributed by atoms with E-state index in [0.717, 1.165) is 36.3 Å². The van der Waals surface area contributed by atoms with Gasteiger partial charge < -0.3 is 24.4 Å². The molecule has 0 aliphatic heterocycles. The molecule has 2 N–H and O–H groups in total. The first-order valence-electron chi connectivity index (χ1n) is 12.4. The van der Waals surface area contributed by atoms with Crippen molar-refractivity contribution >= 4 is 147 Å². The fourth-order valence-electron chi connectivity index (χ4n) is 1.87. The number of carbonyl (C=O) groups excluding carboxylic acids is 3. The number of hydrogen-bond donors (Lipinski definition) is 2. The molecule has 0 bridgehead atoms. The zero-order chi connectivity index (χ0) is 31.5. The highest BCUT2D eigenvalue weighted by Gasteiger charge is 2.06. The number of carbonyl (C=O) groups is 3. The van der Waals surface area contributed by atoms with E-state index in [0.29, 0.717) is 53.2 Å². The molecule has 0 heterocycles. The smallest absolute Gasteiger partial charge is 0.316 e. The molecule has 21 heteroatoms. The molecule has 0 rings (SSSR count). The maximum Gasteiger partial charge on any atom is 0.316 e. The van der Waals surface area contributed by atoms with Gasteiger partial charge in [-0.2, -0.15) is 0 Å². The molecule has 0 aliphatic rings. The first-order chi connectivity index (χ1) is 21.1. The molecule has 0 aromatic carbocycles. The molecule has 0 aromatic heterocycles. The summed E-state index contributed by atoms with van der Waals surface area (Å²) in [4.78, 5) is 45.1. The van der Waals surface area contributed by atoms with E-state index >= 15 is 0 Å². The van der Waals surface area contributed by atoms with Crippen molar-refractivity contribution in [3.63, 3.8) is 0 Å². The molecule has 0 atom stereocenters. The summed E-state index contributed by atoms with van der Waals surface area (Å²) in [5, 5.41) is 22.2. The van der Waals surface area contributed by atoms with Gasteiger partial charge in [-0.15, -0.1) is 129 Å². The van der Waals surface area contributed by atoms with Crippen LogP contribution in [0.5, 0.6) is 0 Å². The zero-order valence-electron chi connectivity index (χ0n) is 23.6. The Kier molecular flexibility index (Phi) is 40.4. The van der Waals surface area contributed by atoms with Crippen LogP contribution in [-0.4, -0.2) is 137 Å². The average molecular weight is 817 g/mol. The van der Waals surface area contributed by atoms with E-state index in [-0.39, 0.29) is 37.1 Å². The van der Waals surface area contributed by atoms with Crippen LogP contribution in [0, 0.1) is 0 Å². The number of thioether (sulfide) groups is 11. The van der Waals surface area contributed by atoms with Crippen LogP contribution in [0.15, 0.2) is 0 Å². The fourth-order valence-corrected chi connectivity index (χ4v) is 11.6. The summed E-state index contributed by atoms with van der Waals surface area (Å²) in [6.45, 7) is 0.681. The minimum absolute atomic E-state index is 0.0749. The first kappa shape index (κ1) is 45.1. The van der Waals surface area contributed by atoms with Gasteiger partial charge in [-0.05, 0) is 0 Å². The van der Waals surface area contributed by atoms with Crippen molar-refractivity contribution in [2.45, 2.75) is 0 Å². The Morgan fingerprint density at radius 3 is 1.28 bits per heavy atom. The molecular formula is C22H40O10S11. The quantitative estimate of drug-likeness (QED) is 0.0220. The standard InChI is InChI=1S/C22H40O10S11/c23-1-4-33-10-28-20(25)7-36-15-41-14-35-6-3-31-32-13-40-19-43-18-39-12-30-22(27)9-38-17-42-16-37-8-21(26)29-11-34-5-2-24/h23-24H,1-19H2. The summed E-state index contributed by atoms with van der Waals surface area (Å²) < 4.78 is 15.3. The largest absolute Gasteiger partial charge is 0.454 e. The van der Waals surface area contributed by atoms with Gasteiger partial charge in [0.1, 0.15) is 23.8 Å². The van der Waals surface area contributed by atoms with Crippen molar-refractivity contribution < 1.29 is 48.6 Å². The number of rotatable bonds is 34. The second-order valence-corrected chi connectivity index (χ2v) is 20.1. The van der Waals surface area contributed by atoms with Crippen LogP contribution < -0.4 is 0 Å². The summed E-state index contributed by atoms with van der Waals surface area (Å²) in [7, 11) is 0. The van der Waals surface area contributed by atoms with Gasteiger partial charge in [-0.1, -0.05) is 0 Å². The topological polar surface area (TPSA) is 138 Å². The van der Waals surface area contributed by atoms with Crippen molar-refractivity contribution in [2.24, 2.45) is 0 Å². The van der Waals surface area contributed by atoms with E-state index in [1.54, 1.807) is 70.6 Å². The summed E-state index contributed by atoms with van der Waals surface area (Å²) in [5.41, 5.74) is 0. The molecule has 0 spiro atoms. The van der Waals surface area contributed by atoms with Gasteiger partial charge in [0.25, 0.3) is 0 Å². The first-order valence-corrected chi connectivity index (χ1v) is 25.1. The SMILES string of the molecule is O=C(CSCSCSCCOOCSCSCSCOC(=O)CSCSCSCC(=O)OCSCCO)OCSCCO. The Balaban J connectivity index is 3.23. The molecule has 0 amide bonds. The number of aliphatic hydroxyl groups is 2. The van der Waals surface area contributed by atoms with Gasteiger partial charge in [0.15, 0.2) is 0 Å². The fraction of sp³-hybridized carbons (Fsp3) is 0.864. The lowest BCUT2D eigenvalue weighted by Crippen LogP contribution is -2.08. The van der Waals surface area contributed by atoms with E-state index in [9.17, 15) is 14.4 Å². The summed E-state index contributed by atoms with van der Waals surface area (Å²) in [6, 6.07) is 0. The minimum atomic E-state index is -0.256. The molecule has 43 heavy (non-hydrogen) atoms. The van der Waals surface area contributed by atoms with Crippen LogP contribution >= 0.6 is 129 Å². The Labute approximate surface area is 301 Å². The van der Waals surface area contributed by atoms with E-state index in [1.165, 1.54) is 58.8 Å². The second kappa shape index (κ2) is 38.5. The van der Waals surface area contributed by atoms with E-state index < -0.39 is 0 Å². The van der Waals surface area contributed by atoms with Crippen molar-refractivity contribution in [3.8, 4) is 0 Å². The number of esters is 3. The number of aliphatic hydroxyl groups excluding tert-OH is 2. The predicted molar refractivity (Wildman–Crippen MR) is 201 cm³/mol. The summed E-state index contributed by atoms with van der Waals surface area (Å²) in [5.74, 6) is 3.56. The van der Waals surface area contributed by atoms with Crippen molar-refractivity contribution in [2.75, 3.05) is 109 Å². The maximum atomic E-state index is 11.8. The van der Waals surface area contributed by atoms with E-state index in [1.807, 2.05) is 0 Å². The normalized spacial score (nSPS) is 11.0. The van der Waals surface area contributed by atoms with Gasteiger partial charge >= 0.3 is 17.9 Å². The Bertz CT molecular complexity index is 659. The van der Waals surface area contributed by atoms with Gasteiger partial charge in [-0.25, -0.2) is 9.78 Å². The van der Waals surface area contributed by atoms with Crippen LogP contribution in [0.1, 0.15) is 0 Å².